The van der Waals surface area contributed by atoms with Crippen molar-refractivity contribution in [3.8, 4) is 11.9 Å². The van der Waals surface area contributed by atoms with E-state index in [2.05, 4.69) is 11.1 Å². The van der Waals surface area contributed by atoms with Gasteiger partial charge in [-0.3, -0.25) is 4.79 Å². The maximum atomic E-state index is 12.2. The number of nitriles is 1. The fraction of sp³-hybridized carbons (Fsp3) is 0.579. The lowest BCUT2D eigenvalue weighted by Crippen LogP contribution is -2.52. The Hall–Kier alpha value is -2.82. The normalized spacial score (nSPS) is 14.3. The third-order valence-corrected chi connectivity index (χ3v) is 4.13. The highest BCUT2D eigenvalue weighted by molar-refractivity contribution is 5.94. The summed E-state index contributed by atoms with van der Waals surface area (Å²) in [5.41, 5.74) is -0.0437. The molecule has 0 atom stereocenters. The zero-order chi connectivity index (χ0) is 20.4. The number of pyridine rings is 1. The molecule has 1 aliphatic heterocycles. The average Bonchev–Trinajstić information content (AvgIpc) is 2.50. The summed E-state index contributed by atoms with van der Waals surface area (Å²) in [4.78, 5) is 29.9. The Morgan fingerprint density at radius 2 is 1.96 bits per heavy atom. The molecule has 8 nitrogen and oxygen atoms in total. The highest BCUT2D eigenvalue weighted by atomic mass is 16.6. The molecule has 2 rings (SSSR count). The first-order valence-corrected chi connectivity index (χ1v) is 8.93. The fourth-order valence-corrected chi connectivity index (χ4v) is 2.94. The number of aromatic carboxylic acids is 1. The molecule has 0 aromatic carbocycles. The summed E-state index contributed by atoms with van der Waals surface area (Å²) in [6, 6.07) is 2.07. The molecule has 1 fully saturated rings. The van der Waals surface area contributed by atoms with Crippen molar-refractivity contribution in [1.29, 1.82) is 5.26 Å². The molecule has 1 aromatic rings. The second-order valence-electron chi connectivity index (χ2n) is 7.31. The number of esters is 1. The number of aromatic nitrogens is 1. The molecule has 1 N–H and O–H groups in total. The van der Waals surface area contributed by atoms with Gasteiger partial charge in [-0.2, -0.15) is 10.2 Å². The van der Waals surface area contributed by atoms with Crippen molar-refractivity contribution in [2.24, 2.45) is 5.92 Å². The summed E-state index contributed by atoms with van der Waals surface area (Å²) in [5.74, 6) is -1.43. The Morgan fingerprint density at radius 1 is 1.33 bits per heavy atom. The molecule has 0 aliphatic carbocycles. The summed E-state index contributed by atoms with van der Waals surface area (Å²) < 4.78 is 10.8. The first-order valence-electron chi connectivity index (χ1n) is 8.93. The summed E-state index contributed by atoms with van der Waals surface area (Å²) in [6.07, 6.45) is 0.351. The highest BCUT2D eigenvalue weighted by Gasteiger charge is 2.39. The predicted molar refractivity (Wildman–Crippen MR) is 98.0 cm³/mol. The van der Waals surface area contributed by atoms with Gasteiger partial charge in [0.25, 0.3) is 0 Å². The zero-order valence-corrected chi connectivity index (χ0v) is 16.3. The van der Waals surface area contributed by atoms with Crippen molar-refractivity contribution in [1.82, 2.24) is 4.98 Å². The Kier molecular flexibility index (Phi) is 5.94. The van der Waals surface area contributed by atoms with Crippen molar-refractivity contribution in [3.63, 3.8) is 0 Å². The number of carbonyl (C=O) groups excluding carboxylic acids is 1. The molecule has 1 aromatic heterocycles. The maximum Gasteiger partial charge on any atom is 0.341 e. The van der Waals surface area contributed by atoms with Gasteiger partial charge < -0.3 is 19.5 Å². The van der Waals surface area contributed by atoms with E-state index in [1.165, 1.54) is 0 Å². The van der Waals surface area contributed by atoms with Crippen LogP contribution in [0.1, 0.15) is 56.1 Å². The van der Waals surface area contributed by atoms with Crippen LogP contribution in [0, 0.1) is 17.2 Å². The number of hydrogen-bond acceptors (Lipinski definition) is 7. The lowest BCUT2D eigenvalue weighted by Gasteiger charge is -2.40. The summed E-state index contributed by atoms with van der Waals surface area (Å²) in [6.45, 7) is 9.91. The van der Waals surface area contributed by atoms with Crippen molar-refractivity contribution in [2.75, 3.05) is 24.6 Å². The minimum Gasteiger partial charge on any atom is -0.477 e. The summed E-state index contributed by atoms with van der Waals surface area (Å²) in [5, 5.41) is 19.2. The fourth-order valence-electron chi connectivity index (χ4n) is 2.94. The van der Waals surface area contributed by atoms with Gasteiger partial charge in [0.2, 0.25) is 5.88 Å². The van der Waals surface area contributed by atoms with Crippen LogP contribution >= 0.6 is 0 Å². The van der Waals surface area contributed by atoms with E-state index in [1.54, 1.807) is 18.7 Å². The van der Waals surface area contributed by atoms with Gasteiger partial charge in [0.15, 0.2) is 5.82 Å². The van der Waals surface area contributed by atoms with Crippen molar-refractivity contribution >= 4 is 17.8 Å². The number of carboxylic acid groups (broad SMARTS) is 1. The molecule has 0 bridgehead atoms. The molecule has 0 amide bonds. The lowest BCUT2D eigenvalue weighted by atomic mass is 9.96. The van der Waals surface area contributed by atoms with E-state index in [-0.39, 0.29) is 35.5 Å². The van der Waals surface area contributed by atoms with Gasteiger partial charge in [-0.15, -0.1) is 0 Å². The maximum absolute atomic E-state index is 12.2. The van der Waals surface area contributed by atoms with E-state index in [0.717, 1.165) is 0 Å². The van der Waals surface area contributed by atoms with Crippen LogP contribution in [0.15, 0.2) is 0 Å². The SMILES string of the molecule is CCOc1nc(N2CC(C(=O)OC(C)(C)C)C2)c(C#N)c(CC)c1C(=O)O. The summed E-state index contributed by atoms with van der Waals surface area (Å²) >= 11 is 0. The van der Waals surface area contributed by atoms with E-state index < -0.39 is 11.6 Å². The van der Waals surface area contributed by atoms with Crippen LogP contribution in [0.2, 0.25) is 0 Å². The molecule has 1 saturated heterocycles. The van der Waals surface area contributed by atoms with Gasteiger partial charge in [-0.1, -0.05) is 6.92 Å². The quantitative estimate of drug-likeness (QED) is 0.754. The van der Waals surface area contributed by atoms with Crippen molar-refractivity contribution in [2.45, 2.75) is 46.6 Å². The molecule has 8 heteroatoms. The molecule has 0 unspecified atom stereocenters. The highest BCUT2D eigenvalue weighted by Crippen LogP contribution is 2.35. The Labute approximate surface area is 158 Å². The molecule has 1 aliphatic rings. The van der Waals surface area contributed by atoms with Gasteiger partial charge in [-0.05, 0) is 39.7 Å². The van der Waals surface area contributed by atoms with Crippen LogP contribution in [0.3, 0.4) is 0 Å². The zero-order valence-electron chi connectivity index (χ0n) is 16.3. The second kappa shape index (κ2) is 7.82. The number of carboxylic acids is 1. The van der Waals surface area contributed by atoms with Crippen LogP contribution in [-0.4, -0.2) is 47.3 Å². The minimum atomic E-state index is -1.18. The van der Waals surface area contributed by atoms with Gasteiger partial charge in [0.1, 0.15) is 17.2 Å². The van der Waals surface area contributed by atoms with Crippen LogP contribution < -0.4 is 9.64 Å². The van der Waals surface area contributed by atoms with Gasteiger partial charge in [0, 0.05) is 13.1 Å². The van der Waals surface area contributed by atoms with Crippen LogP contribution in [0.4, 0.5) is 5.82 Å². The van der Waals surface area contributed by atoms with Crippen LogP contribution in [-0.2, 0) is 16.0 Å². The molecule has 0 radical (unpaired) electrons. The van der Waals surface area contributed by atoms with E-state index in [0.29, 0.717) is 30.9 Å². The Balaban J connectivity index is 2.36. The Bertz CT molecular complexity index is 786. The summed E-state index contributed by atoms with van der Waals surface area (Å²) in [7, 11) is 0. The monoisotopic (exact) mass is 375 g/mol. The first kappa shape index (κ1) is 20.5. The van der Waals surface area contributed by atoms with Gasteiger partial charge in [0.05, 0.1) is 18.1 Å². The average molecular weight is 375 g/mol. The number of anilines is 1. The number of nitrogens with zero attached hydrogens (tertiary/aromatic N) is 3. The van der Waals surface area contributed by atoms with E-state index in [4.69, 9.17) is 9.47 Å². The van der Waals surface area contributed by atoms with Gasteiger partial charge in [-0.25, -0.2) is 4.79 Å². The molecule has 0 spiro atoms. The third-order valence-electron chi connectivity index (χ3n) is 4.13. The molecular weight excluding hydrogens is 350 g/mol. The van der Waals surface area contributed by atoms with Gasteiger partial charge >= 0.3 is 11.9 Å². The lowest BCUT2D eigenvalue weighted by molar-refractivity contribution is -0.160. The molecule has 27 heavy (non-hydrogen) atoms. The predicted octanol–water partition coefficient (Wildman–Crippen LogP) is 2.39. The standard InChI is InChI=1S/C19H25N3O5/c1-6-12-13(8-20)15(21-16(26-7-2)14(12)17(23)24)22-9-11(10-22)18(25)27-19(3,4)5/h11H,6-7,9-10H2,1-5H3,(H,23,24). The molecule has 0 saturated carbocycles. The third kappa shape index (κ3) is 4.30. The van der Waals surface area contributed by atoms with Crippen molar-refractivity contribution in [3.05, 3.63) is 16.7 Å². The first-order chi connectivity index (χ1) is 12.6. The minimum absolute atomic E-state index is 0.00318. The molecular formula is C19H25N3O5. The number of hydrogen-bond donors (Lipinski definition) is 1. The number of ether oxygens (including phenoxy) is 2. The second-order valence-corrected chi connectivity index (χ2v) is 7.31. The van der Waals surface area contributed by atoms with Crippen LogP contribution in [0.25, 0.3) is 0 Å². The van der Waals surface area contributed by atoms with E-state index in [9.17, 15) is 20.0 Å². The number of rotatable bonds is 6. The number of carbonyl (C=O) groups is 2. The van der Waals surface area contributed by atoms with E-state index in [1.807, 2.05) is 20.8 Å². The van der Waals surface area contributed by atoms with E-state index >= 15 is 0 Å². The molecule has 146 valence electrons. The topological polar surface area (TPSA) is 113 Å². The Morgan fingerprint density at radius 3 is 2.41 bits per heavy atom. The largest absolute Gasteiger partial charge is 0.477 e. The van der Waals surface area contributed by atoms with Crippen LogP contribution in [0.5, 0.6) is 5.88 Å². The molecule has 2 heterocycles. The van der Waals surface area contributed by atoms with Crippen molar-refractivity contribution < 1.29 is 24.2 Å². The smallest absolute Gasteiger partial charge is 0.341 e.